The van der Waals surface area contributed by atoms with Gasteiger partial charge >= 0.3 is 0 Å². The number of nitrogens with zero attached hydrogens (tertiary/aromatic N) is 2. The van der Waals surface area contributed by atoms with Crippen LogP contribution in [0.1, 0.15) is 17.7 Å². The predicted molar refractivity (Wildman–Crippen MR) is 59.3 cm³/mol. The van der Waals surface area contributed by atoms with Crippen LogP contribution >= 0.6 is 27.3 Å². The lowest BCUT2D eigenvalue weighted by molar-refractivity contribution is 0.267. The lowest BCUT2D eigenvalue weighted by Gasteiger charge is -2.21. The smallest absolute Gasteiger partial charge is 0.0794 e. The van der Waals surface area contributed by atoms with Crippen molar-refractivity contribution in [2.75, 3.05) is 11.9 Å². The summed E-state index contributed by atoms with van der Waals surface area (Å²) < 4.78 is 0. The van der Waals surface area contributed by atoms with Gasteiger partial charge in [0.15, 0.2) is 0 Å². The summed E-state index contributed by atoms with van der Waals surface area (Å²) in [7, 11) is 0. The molecule has 13 heavy (non-hydrogen) atoms. The third-order valence-electron chi connectivity index (χ3n) is 2.52. The van der Waals surface area contributed by atoms with Crippen LogP contribution in [0.4, 0.5) is 0 Å². The van der Waals surface area contributed by atoms with E-state index in [4.69, 9.17) is 0 Å². The molecule has 72 valence electrons. The van der Waals surface area contributed by atoms with Gasteiger partial charge in [0.1, 0.15) is 0 Å². The maximum absolute atomic E-state index is 4.10. The second-order valence-corrected chi connectivity index (χ2v) is 5.01. The Bertz CT molecular complexity index is 250. The largest absolute Gasteiger partial charge is 0.294 e. The summed E-state index contributed by atoms with van der Waals surface area (Å²) in [5.74, 6) is 0. The van der Waals surface area contributed by atoms with E-state index in [-0.39, 0.29) is 0 Å². The van der Waals surface area contributed by atoms with E-state index < -0.39 is 0 Å². The fourth-order valence-corrected chi connectivity index (χ4v) is 3.15. The quantitative estimate of drug-likeness (QED) is 0.777. The van der Waals surface area contributed by atoms with Crippen LogP contribution in [0, 0.1) is 0 Å². The molecule has 1 aromatic rings. The van der Waals surface area contributed by atoms with E-state index in [2.05, 4.69) is 25.8 Å². The molecule has 0 N–H and O–H groups in total. The molecule has 0 aliphatic carbocycles. The van der Waals surface area contributed by atoms with Crippen molar-refractivity contribution in [3.05, 3.63) is 16.6 Å². The first-order valence-corrected chi connectivity index (χ1v) is 6.57. The monoisotopic (exact) mass is 260 g/mol. The molecule has 2 heterocycles. The molecule has 0 saturated carbocycles. The summed E-state index contributed by atoms with van der Waals surface area (Å²) in [4.78, 5) is 8.02. The minimum atomic E-state index is 0.738. The molecule has 4 heteroatoms. The molecule has 0 bridgehead atoms. The minimum Gasteiger partial charge on any atom is -0.294 e. The van der Waals surface area contributed by atoms with Gasteiger partial charge in [-0.15, -0.1) is 11.3 Å². The number of likely N-dealkylation sites (tertiary alicyclic amines) is 1. The molecule has 0 aromatic carbocycles. The molecule has 1 saturated heterocycles. The average molecular weight is 261 g/mol. The first-order valence-electron chi connectivity index (χ1n) is 4.57. The fraction of sp³-hybridized carbons (Fsp3) is 0.667. The molecule has 0 radical (unpaired) electrons. The van der Waals surface area contributed by atoms with Gasteiger partial charge < -0.3 is 0 Å². The molecule has 2 rings (SSSR count). The summed E-state index contributed by atoms with van der Waals surface area (Å²) in [6.45, 7) is 2.33. The normalized spacial score (nSPS) is 23.9. The maximum Gasteiger partial charge on any atom is 0.0794 e. The van der Waals surface area contributed by atoms with Gasteiger partial charge in [0.05, 0.1) is 5.51 Å². The predicted octanol–water partition coefficient (Wildman–Crippen LogP) is 2.50. The van der Waals surface area contributed by atoms with Crippen LogP contribution in [0.2, 0.25) is 0 Å². The van der Waals surface area contributed by atoms with Gasteiger partial charge in [-0.2, -0.15) is 0 Å². The Morgan fingerprint density at radius 3 is 3.31 bits per heavy atom. The van der Waals surface area contributed by atoms with E-state index in [1.807, 2.05) is 11.7 Å². The summed E-state index contributed by atoms with van der Waals surface area (Å²) in [6.07, 6.45) is 4.66. The number of rotatable bonds is 3. The van der Waals surface area contributed by atoms with Crippen molar-refractivity contribution in [1.82, 2.24) is 9.88 Å². The zero-order valence-corrected chi connectivity index (χ0v) is 9.85. The first kappa shape index (κ1) is 9.62. The van der Waals surface area contributed by atoms with E-state index in [1.54, 1.807) is 11.3 Å². The number of hydrogen-bond donors (Lipinski definition) is 0. The van der Waals surface area contributed by atoms with Crippen molar-refractivity contribution in [3.8, 4) is 0 Å². The Balaban J connectivity index is 1.94. The zero-order valence-electron chi connectivity index (χ0n) is 7.45. The minimum absolute atomic E-state index is 0.738. The number of halogens is 1. The average Bonchev–Trinajstić information content (AvgIpc) is 2.76. The van der Waals surface area contributed by atoms with Gasteiger partial charge in [-0.05, 0) is 19.4 Å². The third kappa shape index (κ3) is 2.30. The Morgan fingerprint density at radius 1 is 1.69 bits per heavy atom. The molecule has 1 atom stereocenters. The van der Waals surface area contributed by atoms with Gasteiger partial charge in [-0.1, -0.05) is 15.9 Å². The van der Waals surface area contributed by atoms with Crippen LogP contribution in [0.15, 0.2) is 11.7 Å². The van der Waals surface area contributed by atoms with Crippen LogP contribution in [0.25, 0.3) is 0 Å². The van der Waals surface area contributed by atoms with Crippen molar-refractivity contribution in [2.45, 2.75) is 25.4 Å². The highest BCUT2D eigenvalue weighted by atomic mass is 79.9. The van der Waals surface area contributed by atoms with Gasteiger partial charge in [0, 0.05) is 29.0 Å². The highest BCUT2D eigenvalue weighted by Crippen LogP contribution is 2.22. The second kappa shape index (κ2) is 4.53. The lowest BCUT2D eigenvalue weighted by Crippen LogP contribution is -2.29. The topological polar surface area (TPSA) is 16.1 Å². The SMILES string of the molecule is BrCC1CCCN1Cc1cncs1. The van der Waals surface area contributed by atoms with Crippen molar-refractivity contribution in [3.63, 3.8) is 0 Å². The number of aromatic nitrogens is 1. The molecule has 0 amide bonds. The standard InChI is InChI=1S/C9H13BrN2S/c10-4-8-2-1-3-12(8)6-9-5-11-7-13-9/h5,7-8H,1-4,6H2. The summed E-state index contributed by atoms with van der Waals surface area (Å²) in [5, 5.41) is 1.10. The molecular weight excluding hydrogens is 248 g/mol. The van der Waals surface area contributed by atoms with E-state index >= 15 is 0 Å². The maximum atomic E-state index is 4.10. The van der Waals surface area contributed by atoms with Crippen LogP contribution < -0.4 is 0 Å². The molecular formula is C9H13BrN2S. The van der Waals surface area contributed by atoms with Crippen molar-refractivity contribution >= 4 is 27.3 Å². The van der Waals surface area contributed by atoms with E-state index in [0.29, 0.717) is 0 Å². The molecule has 1 aliphatic rings. The zero-order chi connectivity index (χ0) is 9.10. The van der Waals surface area contributed by atoms with Gasteiger partial charge in [-0.3, -0.25) is 9.88 Å². The molecule has 1 unspecified atom stereocenters. The first-order chi connectivity index (χ1) is 6.40. The Kier molecular flexibility index (Phi) is 3.35. The van der Waals surface area contributed by atoms with Crippen LogP contribution in [0.5, 0.6) is 0 Å². The third-order valence-corrected chi connectivity index (χ3v) is 4.03. The molecule has 1 fully saturated rings. The number of alkyl halides is 1. The fourth-order valence-electron chi connectivity index (χ4n) is 1.80. The van der Waals surface area contributed by atoms with Crippen LogP contribution in [-0.2, 0) is 6.54 Å². The van der Waals surface area contributed by atoms with Crippen molar-refractivity contribution < 1.29 is 0 Å². The highest BCUT2D eigenvalue weighted by Gasteiger charge is 2.23. The van der Waals surface area contributed by atoms with Crippen molar-refractivity contribution in [2.24, 2.45) is 0 Å². The molecule has 1 aliphatic heterocycles. The lowest BCUT2D eigenvalue weighted by atomic mass is 10.2. The highest BCUT2D eigenvalue weighted by molar-refractivity contribution is 9.09. The molecule has 0 spiro atoms. The van der Waals surface area contributed by atoms with Gasteiger partial charge in [0.2, 0.25) is 0 Å². The Hall–Kier alpha value is 0.0700. The second-order valence-electron chi connectivity index (χ2n) is 3.39. The van der Waals surface area contributed by atoms with Gasteiger partial charge in [-0.25, -0.2) is 0 Å². The van der Waals surface area contributed by atoms with E-state index in [1.165, 1.54) is 24.3 Å². The number of thiazole rings is 1. The van der Waals surface area contributed by atoms with E-state index in [9.17, 15) is 0 Å². The van der Waals surface area contributed by atoms with E-state index in [0.717, 1.165) is 17.9 Å². The summed E-state index contributed by atoms with van der Waals surface area (Å²) in [5.41, 5.74) is 1.91. The van der Waals surface area contributed by atoms with Crippen LogP contribution in [0.3, 0.4) is 0 Å². The summed E-state index contributed by atoms with van der Waals surface area (Å²) >= 11 is 5.32. The molecule has 2 nitrogen and oxygen atoms in total. The summed E-state index contributed by atoms with van der Waals surface area (Å²) in [6, 6.07) is 0.738. The van der Waals surface area contributed by atoms with Gasteiger partial charge in [0.25, 0.3) is 0 Å². The Labute approximate surface area is 91.1 Å². The molecule has 1 aromatic heterocycles. The Morgan fingerprint density at radius 2 is 2.62 bits per heavy atom. The van der Waals surface area contributed by atoms with Crippen LogP contribution in [-0.4, -0.2) is 27.8 Å². The van der Waals surface area contributed by atoms with Crippen molar-refractivity contribution in [1.29, 1.82) is 0 Å². The number of hydrogen-bond acceptors (Lipinski definition) is 3.